The Bertz CT molecular complexity index is 1420. The molecule has 0 bridgehead atoms. The first-order chi connectivity index (χ1) is 14.7. The van der Waals surface area contributed by atoms with Gasteiger partial charge in [-0.25, -0.2) is 13.8 Å². The van der Waals surface area contributed by atoms with Crippen LogP contribution in [0.25, 0.3) is 21.2 Å². The van der Waals surface area contributed by atoms with Crippen LogP contribution in [0.5, 0.6) is 11.6 Å². The third-order valence-corrected chi connectivity index (χ3v) is 5.97. The summed E-state index contributed by atoms with van der Waals surface area (Å²) >= 11 is 1.39. The van der Waals surface area contributed by atoms with E-state index >= 15 is 0 Å². The van der Waals surface area contributed by atoms with E-state index in [9.17, 15) is 18.8 Å². The molecular weight excluding hydrogens is 420 g/mol. The van der Waals surface area contributed by atoms with Gasteiger partial charge in [0.2, 0.25) is 5.88 Å². The normalized spacial score (nSPS) is 11.5. The zero-order valence-corrected chi connectivity index (χ0v) is 17.8. The molecule has 0 aliphatic carbocycles. The van der Waals surface area contributed by atoms with Crippen LogP contribution in [0.15, 0.2) is 52.9 Å². The second-order valence-corrected chi connectivity index (χ2v) is 8.53. The molecule has 0 spiro atoms. The third-order valence-electron chi connectivity index (χ3n) is 5.03. The average molecular weight is 437 g/mol. The van der Waals surface area contributed by atoms with E-state index in [0.717, 1.165) is 16.8 Å². The zero-order valence-electron chi connectivity index (χ0n) is 16.9. The molecule has 0 aliphatic rings. The molecule has 0 atom stereocenters. The maximum atomic E-state index is 14.2. The summed E-state index contributed by atoms with van der Waals surface area (Å²) in [5.74, 6) is -1.69. The molecule has 5 nitrogen and oxygen atoms in total. The average Bonchev–Trinajstić information content (AvgIpc) is 3.23. The van der Waals surface area contributed by atoms with Crippen molar-refractivity contribution >= 4 is 21.4 Å². The Morgan fingerprint density at radius 3 is 2.68 bits per heavy atom. The molecule has 4 rings (SSSR count). The highest BCUT2D eigenvalue weighted by molar-refractivity contribution is 7.17. The molecule has 31 heavy (non-hydrogen) atoms. The van der Waals surface area contributed by atoms with Crippen LogP contribution in [-0.2, 0) is 12.5 Å². The fourth-order valence-electron chi connectivity index (χ4n) is 3.17. The molecule has 156 valence electrons. The summed E-state index contributed by atoms with van der Waals surface area (Å²) in [5, 5.41) is 11.9. The molecule has 0 aliphatic heterocycles. The van der Waals surface area contributed by atoms with Gasteiger partial charge >= 0.3 is 0 Å². The molecule has 3 aromatic heterocycles. The van der Waals surface area contributed by atoms with Crippen molar-refractivity contribution in [3.63, 3.8) is 0 Å². The number of ether oxygens (including phenoxy) is 1. The lowest BCUT2D eigenvalue weighted by molar-refractivity contribution is 0.424. The summed E-state index contributed by atoms with van der Waals surface area (Å²) in [4.78, 5) is 16.8. The SMILES string of the molecule is Cn1cc(-c2cc(C(C)(C)C#N)cnc2Oc2ccc(F)cc2F)c2sccc2c1=O. The zero-order chi connectivity index (χ0) is 22.3. The molecule has 0 amide bonds. The Balaban J connectivity index is 1.98. The Hall–Kier alpha value is -3.57. The standard InChI is InChI=1S/C23H17F2N3O2S/c1-23(2,12-26)13-8-16(17-11-28(3)22(29)15-6-7-31-20(15)17)21(27-10-13)30-19-5-4-14(24)9-18(19)25/h4-11H,1-3H3. The molecule has 0 fully saturated rings. The van der Waals surface area contributed by atoms with Crippen molar-refractivity contribution in [1.82, 2.24) is 9.55 Å². The first-order valence-corrected chi connectivity index (χ1v) is 10.2. The van der Waals surface area contributed by atoms with Gasteiger partial charge < -0.3 is 9.30 Å². The number of fused-ring (bicyclic) bond motifs is 1. The van der Waals surface area contributed by atoms with E-state index in [1.807, 2.05) is 5.38 Å². The maximum absolute atomic E-state index is 14.2. The van der Waals surface area contributed by atoms with E-state index in [0.29, 0.717) is 22.1 Å². The Morgan fingerprint density at radius 1 is 1.19 bits per heavy atom. The molecule has 0 saturated heterocycles. The van der Waals surface area contributed by atoms with Crippen LogP contribution in [0, 0.1) is 23.0 Å². The fourth-order valence-corrected chi connectivity index (χ4v) is 4.09. The molecular formula is C23H17F2N3O2S. The van der Waals surface area contributed by atoms with Crippen LogP contribution in [0.2, 0.25) is 0 Å². The van der Waals surface area contributed by atoms with Crippen LogP contribution in [-0.4, -0.2) is 9.55 Å². The highest BCUT2D eigenvalue weighted by Crippen LogP contribution is 2.39. The van der Waals surface area contributed by atoms with Crippen molar-refractivity contribution in [2.45, 2.75) is 19.3 Å². The summed E-state index contributed by atoms with van der Waals surface area (Å²) in [6, 6.07) is 8.74. The lowest BCUT2D eigenvalue weighted by Gasteiger charge is -2.19. The van der Waals surface area contributed by atoms with Gasteiger partial charge in [0.25, 0.3) is 5.56 Å². The van der Waals surface area contributed by atoms with Gasteiger partial charge in [0.15, 0.2) is 11.6 Å². The molecule has 8 heteroatoms. The minimum absolute atomic E-state index is 0.0800. The number of hydrogen-bond acceptors (Lipinski definition) is 5. The summed E-state index contributed by atoms with van der Waals surface area (Å²) in [5.41, 5.74) is 0.806. The van der Waals surface area contributed by atoms with Crippen LogP contribution < -0.4 is 10.3 Å². The molecule has 0 N–H and O–H groups in total. The number of aromatic nitrogens is 2. The summed E-state index contributed by atoms with van der Waals surface area (Å²) in [6.45, 7) is 3.52. The van der Waals surface area contributed by atoms with E-state index < -0.39 is 17.0 Å². The number of benzene rings is 1. The van der Waals surface area contributed by atoms with Crippen LogP contribution in [0.3, 0.4) is 0 Å². The summed E-state index contributed by atoms with van der Waals surface area (Å²) in [6.07, 6.45) is 3.16. The quantitative estimate of drug-likeness (QED) is 0.421. The van der Waals surface area contributed by atoms with Crippen molar-refractivity contribution in [3.05, 3.63) is 75.7 Å². The second-order valence-electron chi connectivity index (χ2n) is 7.61. The van der Waals surface area contributed by atoms with E-state index in [1.165, 1.54) is 28.2 Å². The Labute approximate surface area is 180 Å². The molecule has 4 aromatic rings. The number of halogens is 2. The molecule has 0 saturated carbocycles. The molecule has 0 radical (unpaired) electrons. The number of nitrogens with zero attached hydrogens (tertiary/aromatic N) is 3. The van der Waals surface area contributed by atoms with E-state index in [2.05, 4.69) is 11.1 Å². The van der Waals surface area contributed by atoms with Gasteiger partial charge in [0, 0.05) is 41.3 Å². The van der Waals surface area contributed by atoms with Crippen molar-refractivity contribution < 1.29 is 13.5 Å². The Morgan fingerprint density at radius 2 is 1.97 bits per heavy atom. The van der Waals surface area contributed by atoms with Gasteiger partial charge in [-0.15, -0.1) is 11.3 Å². The molecule has 0 unspecified atom stereocenters. The van der Waals surface area contributed by atoms with Gasteiger partial charge in [-0.3, -0.25) is 4.79 Å². The highest BCUT2D eigenvalue weighted by atomic mass is 32.1. The van der Waals surface area contributed by atoms with Crippen LogP contribution >= 0.6 is 11.3 Å². The number of hydrogen-bond donors (Lipinski definition) is 0. The predicted octanol–water partition coefficient (Wildman–Crippen LogP) is 5.53. The van der Waals surface area contributed by atoms with Gasteiger partial charge in [-0.05, 0) is 49.1 Å². The largest absolute Gasteiger partial charge is 0.435 e. The first-order valence-electron chi connectivity index (χ1n) is 9.33. The van der Waals surface area contributed by atoms with Crippen molar-refractivity contribution in [2.75, 3.05) is 0 Å². The maximum Gasteiger partial charge on any atom is 0.259 e. The lowest BCUT2D eigenvalue weighted by atomic mass is 9.86. The van der Waals surface area contributed by atoms with Crippen molar-refractivity contribution in [2.24, 2.45) is 7.05 Å². The van der Waals surface area contributed by atoms with Gasteiger partial charge in [-0.1, -0.05) is 0 Å². The first kappa shape index (κ1) is 20.7. The number of nitriles is 1. The summed E-state index contributed by atoms with van der Waals surface area (Å²) in [7, 11) is 1.64. The summed E-state index contributed by atoms with van der Waals surface area (Å²) < 4.78 is 35.4. The smallest absolute Gasteiger partial charge is 0.259 e. The second kappa shape index (κ2) is 7.60. The molecule has 3 heterocycles. The van der Waals surface area contributed by atoms with Gasteiger partial charge in [-0.2, -0.15) is 5.26 Å². The third kappa shape index (κ3) is 3.68. The minimum atomic E-state index is -0.865. The van der Waals surface area contributed by atoms with Crippen LogP contribution in [0.4, 0.5) is 8.78 Å². The van der Waals surface area contributed by atoms with Gasteiger partial charge in [0.1, 0.15) is 5.82 Å². The van der Waals surface area contributed by atoms with Crippen molar-refractivity contribution in [3.8, 4) is 28.8 Å². The number of pyridine rings is 2. The highest BCUT2D eigenvalue weighted by Gasteiger charge is 2.24. The lowest BCUT2D eigenvalue weighted by Crippen LogP contribution is -2.16. The van der Waals surface area contributed by atoms with Crippen LogP contribution in [0.1, 0.15) is 19.4 Å². The molecule has 1 aromatic carbocycles. The van der Waals surface area contributed by atoms with E-state index in [4.69, 9.17) is 4.74 Å². The van der Waals surface area contributed by atoms with E-state index in [1.54, 1.807) is 39.2 Å². The number of thiophene rings is 1. The topological polar surface area (TPSA) is 67.9 Å². The fraction of sp³-hybridized carbons (Fsp3) is 0.174. The minimum Gasteiger partial charge on any atom is -0.435 e. The van der Waals surface area contributed by atoms with Crippen molar-refractivity contribution in [1.29, 1.82) is 5.26 Å². The predicted molar refractivity (Wildman–Crippen MR) is 115 cm³/mol. The van der Waals surface area contributed by atoms with E-state index in [-0.39, 0.29) is 17.2 Å². The number of rotatable bonds is 4. The Kier molecular flexibility index (Phi) is 5.07. The monoisotopic (exact) mass is 437 g/mol. The van der Waals surface area contributed by atoms with Gasteiger partial charge in [0.05, 0.1) is 16.9 Å². The number of aryl methyl sites for hydroxylation is 1.